The quantitative estimate of drug-likeness (QED) is 0.506. The average Bonchev–Trinajstić information content (AvgIpc) is 2.59. The summed E-state index contributed by atoms with van der Waals surface area (Å²) in [5, 5.41) is 17.1. The van der Waals surface area contributed by atoms with Gasteiger partial charge >= 0.3 is 24.3 Å². The lowest BCUT2D eigenvalue weighted by Crippen LogP contribution is -2.41. The van der Waals surface area contributed by atoms with E-state index in [1.807, 2.05) is 26.0 Å². The van der Waals surface area contributed by atoms with E-state index in [0.717, 1.165) is 5.56 Å². The Morgan fingerprint density at radius 1 is 1.07 bits per heavy atom. The largest absolute Gasteiger partial charge is 0.490 e. The van der Waals surface area contributed by atoms with Crippen molar-refractivity contribution in [3.05, 3.63) is 30.1 Å². The number of halogens is 6. The molecule has 1 rings (SSSR count). The molecule has 8 nitrogen and oxygen atoms in total. The SMILES string of the molecule is CC(C)CC(N)C(=O)NCc1cccnc1.O=C(O)C(F)(F)F.O=C(O)C(F)(F)F. The number of nitrogens with one attached hydrogen (secondary N) is 1. The summed E-state index contributed by atoms with van der Waals surface area (Å²) < 4.78 is 63.5. The lowest BCUT2D eigenvalue weighted by Gasteiger charge is -2.13. The number of carbonyl (C=O) groups excluding carboxylic acids is 1. The first-order valence-corrected chi connectivity index (χ1v) is 8.00. The fourth-order valence-corrected chi connectivity index (χ4v) is 1.44. The number of amides is 1. The Bertz CT molecular complexity index is 642. The van der Waals surface area contributed by atoms with Crippen LogP contribution in [-0.2, 0) is 20.9 Å². The summed E-state index contributed by atoms with van der Waals surface area (Å²) >= 11 is 0. The maximum absolute atomic E-state index is 11.6. The van der Waals surface area contributed by atoms with Gasteiger partial charge in [0.25, 0.3) is 0 Å². The Balaban J connectivity index is 0. The van der Waals surface area contributed by atoms with Gasteiger partial charge in [-0.1, -0.05) is 19.9 Å². The Kier molecular flexibility index (Phi) is 13.0. The van der Waals surface area contributed by atoms with E-state index in [4.69, 9.17) is 25.5 Å². The van der Waals surface area contributed by atoms with Crippen molar-refractivity contribution in [3.8, 4) is 0 Å². The number of rotatable bonds is 5. The molecule has 0 aliphatic carbocycles. The van der Waals surface area contributed by atoms with Gasteiger partial charge in [0.2, 0.25) is 5.91 Å². The maximum Gasteiger partial charge on any atom is 0.490 e. The van der Waals surface area contributed by atoms with Crippen LogP contribution in [0.4, 0.5) is 26.3 Å². The molecule has 14 heteroatoms. The highest BCUT2D eigenvalue weighted by Gasteiger charge is 2.38. The molecule has 0 spiro atoms. The predicted molar refractivity (Wildman–Crippen MR) is 90.9 cm³/mol. The molecule has 172 valence electrons. The Labute approximate surface area is 167 Å². The summed E-state index contributed by atoms with van der Waals surface area (Å²) in [6.45, 7) is 4.58. The summed E-state index contributed by atoms with van der Waals surface area (Å²) in [4.78, 5) is 33.4. The third-order valence-electron chi connectivity index (χ3n) is 2.74. The number of carbonyl (C=O) groups is 3. The molecule has 0 radical (unpaired) electrons. The fourth-order valence-electron chi connectivity index (χ4n) is 1.44. The number of nitrogens with two attached hydrogens (primary N) is 1. The van der Waals surface area contributed by atoms with Crippen molar-refractivity contribution in [3.63, 3.8) is 0 Å². The van der Waals surface area contributed by atoms with E-state index in [1.165, 1.54) is 0 Å². The molecule has 1 atom stereocenters. The van der Waals surface area contributed by atoms with Crippen LogP contribution < -0.4 is 11.1 Å². The van der Waals surface area contributed by atoms with E-state index >= 15 is 0 Å². The highest BCUT2D eigenvalue weighted by molar-refractivity contribution is 5.81. The first kappa shape index (κ1) is 29.3. The van der Waals surface area contributed by atoms with Crippen molar-refractivity contribution in [2.75, 3.05) is 0 Å². The normalized spacial score (nSPS) is 11.9. The van der Waals surface area contributed by atoms with Gasteiger partial charge in [-0.3, -0.25) is 9.78 Å². The Morgan fingerprint density at radius 3 is 1.80 bits per heavy atom. The molecule has 1 unspecified atom stereocenters. The minimum Gasteiger partial charge on any atom is -0.475 e. The minimum absolute atomic E-state index is 0.0995. The van der Waals surface area contributed by atoms with Gasteiger partial charge in [-0.15, -0.1) is 0 Å². The Morgan fingerprint density at radius 2 is 1.50 bits per heavy atom. The zero-order chi connectivity index (χ0) is 24.1. The molecule has 0 saturated heterocycles. The molecule has 5 N–H and O–H groups in total. The lowest BCUT2D eigenvalue weighted by atomic mass is 10.0. The molecule has 1 aromatic heterocycles. The smallest absolute Gasteiger partial charge is 0.475 e. The zero-order valence-corrected chi connectivity index (χ0v) is 15.8. The van der Waals surface area contributed by atoms with E-state index in [1.54, 1.807) is 12.4 Å². The number of carboxylic acid groups (broad SMARTS) is 2. The average molecular weight is 449 g/mol. The molecule has 0 saturated carbocycles. The molecule has 0 bridgehead atoms. The molecule has 0 aliphatic rings. The summed E-state index contributed by atoms with van der Waals surface area (Å²) in [5.74, 6) is -5.18. The molecule has 0 aliphatic heterocycles. The minimum atomic E-state index is -5.08. The fraction of sp³-hybridized carbons (Fsp3) is 0.500. The highest BCUT2D eigenvalue weighted by Crippen LogP contribution is 2.13. The lowest BCUT2D eigenvalue weighted by molar-refractivity contribution is -0.193. The third kappa shape index (κ3) is 16.1. The highest BCUT2D eigenvalue weighted by atomic mass is 19.4. The molecule has 30 heavy (non-hydrogen) atoms. The van der Waals surface area contributed by atoms with Gasteiger partial charge in [0.15, 0.2) is 0 Å². The molecular formula is C16H21F6N3O5. The number of alkyl halides is 6. The van der Waals surface area contributed by atoms with Crippen LogP contribution in [-0.4, -0.2) is 51.4 Å². The standard InChI is InChI=1S/C12H19N3O.2C2HF3O2/c1-9(2)6-11(13)12(16)15-8-10-4-3-5-14-7-10;2*3-2(4,5)1(6)7/h3-5,7,9,11H,6,8,13H2,1-2H3,(H,15,16);2*(H,6,7). The van der Waals surface area contributed by atoms with E-state index in [9.17, 15) is 31.1 Å². The van der Waals surface area contributed by atoms with Gasteiger partial charge in [-0.2, -0.15) is 26.3 Å². The van der Waals surface area contributed by atoms with Gasteiger partial charge < -0.3 is 21.3 Å². The van der Waals surface area contributed by atoms with Crippen molar-refractivity contribution >= 4 is 17.8 Å². The predicted octanol–water partition coefficient (Wildman–Crippen LogP) is 2.34. The van der Waals surface area contributed by atoms with Gasteiger partial charge in [0, 0.05) is 18.9 Å². The molecule has 1 heterocycles. The number of hydrogen-bond donors (Lipinski definition) is 4. The van der Waals surface area contributed by atoms with Gasteiger partial charge in [0.1, 0.15) is 0 Å². The maximum atomic E-state index is 11.6. The van der Waals surface area contributed by atoms with Crippen LogP contribution >= 0.6 is 0 Å². The van der Waals surface area contributed by atoms with Crippen LogP contribution in [0.2, 0.25) is 0 Å². The first-order valence-electron chi connectivity index (χ1n) is 8.00. The topological polar surface area (TPSA) is 143 Å². The molecule has 0 fully saturated rings. The van der Waals surface area contributed by atoms with Gasteiger partial charge in [-0.05, 0) is 24.0 Å². The van der Waals surface area contributed by atoms with Crippen LogP contribution in [0.25, 0.3) is 0 Å². The van der Waals surface area contributed by atoms with Crippen LogP contribution in [0.15, 0.2) is 24.5 Å². The van der Waals surface area contributed by atoms with Crippen molar-refractivity contribution in [1.82, 2.24) is 10.3 Å². The molecule has 1 amide bonds. The van der Waals surface area contributed by atoms with Crippen LogP contribution in [0, 0.1) is 5.92 Å². The second-order valence-electron chi connectivity index (χ2n) is 5.92. The van der Waals surface area contributed by atoms with E-state index < -0.39 is 30.3 Å². The number of hydrogen-bond acceptors (Lipinski definition) is 5. The first-order chi connectivity index (χ1) is 13.5. The van der Waals surface area contributed by atoms with Crippen LogP contribution in [0.1, 0.15) is 25.8 Å². The second kappa shape index (κ2) is 13.3. The summed E-state index contributed by atoms with van der Waals surface area (Å²) in [7, 11) is 0. The summed E-state index contributed by atoms with van der Waals surface area (Å²) in [6.07, 6.45) is -6.02. The number of carboxylic acids is 2. The monoisotopic (exact) mass is 449 g/mol. The van der Waals surface area contributed by atoms with Gasteiger partial charge in [-0.25, -0.2) is 9.59 Å². The van der Waals surface area contributed by atoms with E-state index in [-0.39, 0.29) is 5.91 Å². The molecular weight excluding hydrogens is 428 g/mol. The zero-order valence-electron chi connectivity index (χ0n) is 15.8. The summed E-state index contributed by atoms with van der Waals surface area (Å²) in [5.41, 5.74) is 6.73. The Hall–Kier alpha value is -2.90. The number of nitrogens with zero attached hydrogens (tertiary/aromatic N) is 1. The second-order valence-corrected chi connectivity index (χ2v) is 5.92. The summed E-state index contributed by atoms with van der Waals surface area (Å²) in [6, 6.07) is 3.34. The molecule has 0 aromatic carbocycles. The molecule has 1 aromatic rings. The van der Waals surface area contributed by atoms with Crippen molar-refractivity contribution in [1.29, 1.82) is 0 Å². The van der Waals surface area contributed by atoms with Crippen LogP contribution in [0.5, 0.6) is 0 Å². The van der Waals surface area contributed by atoms with E-state index in [2.05, 4.69) is 10.3 Å². The van der Waals surface area contributed by atoms with E-state index in [0.29, 0.717) is 18.9 Å². The van der Waals surface area contributed by atoms with Crippen molar-refractivity contribution < 1.29 is 50.9 Å². The van der Waals surface area contributed by atoms with Crippen LogP contribution in [0.3, 0.4) is 0 Å². The van der Waals surface area contributed by atoms with Crippen molar-refractivity contribution in [2.45, 2.75) is 45.2 Å². The van der Waals surface area contributed by atoms with Crippen molar-refractivity contribution in [2.24, 2.45) is 11.7 Å². The number of aromatic nitrogens is 1. The number of pyridine rings is 1. The number of aliphatic carboxylic acids is 2. The van der Waals surface area contributed by atoms with Gasteiger partial charge in [0.05, 0.1) is 6.04 Å². The third-order valence-corrected chi connectivity index (χ3v) is 2.74.